The van der Waals surface area contributed by atoms with Crippen LogP contribution in [-0.2, 0) is 22.3 Å². The van der Waals surface area contributed by atoms with Crippen molar-refractivity contribution in [1.82, 2.24) is 10.6 Å². The molecule has 3 rings (SSSR count). The Labute approximate surface area is 191 Å². The molecule has 1 aliphatic rings. The number of methoxy groups -OCH3 is 1. The topological polar surface area (TPSA) is 77.2 Å². The molecule has 32 heavy (non-hydrogen) atoms. The molecular formula is C25H37N3O4. The van der Waals surface area contributed by atoms with Crippen LogP contribution in [0.5, 0.6) is 5.75 Å². The van der Waals surface area contributed by atoms with Crippen LogP contribution < -0.4 is 15.4 Å². The lowest BCUT2D eigenvalue weighted by Crippen LogP contribution is -2.39. The molecule has 0 atom stereocenters. The first kappa shape index (κ1) is 24.1. The summed E-state index contributed by atoms with van der Waals surface area (Å²) in [6.07, 6.45) is 6.57. The molecule has 1 aromatic heterocycles. The number of hydrogen-bond donors (Lipinski definition) is 2. The van der Waals surface area contributed by atoms with Gasteiger partial charge in [0, 0.05) is 52.5 Å². The second-order valence-electron chi connectivity index (χ2n) is 8.00. The van der Waals surface area contributed by atoms with E-state index < -0.39 is 0 Å². The van der Waals surface area contributed by atoms with E-state index in [1.54, 1.807) is 13.4 Å². The number of nitrogens with one attached hydrogen (secondary N) is 2. The Bertz CT molecular complexity index is 756. The highest BCUT2D eigenvalue weighted by molar-refractivity contribution is 5.79. The summed E-state index contributed by atoms with van der Waals surface area (Å²) in [5, 5.41) is 6.85. The Morgan fingerprint density at radius 1 is 1.06 bits per heavy atom. The zero-order valence-electron chi connectivity index (χ0n) is 19.2. The molecule has 1 saturated heterocycles. The zero-order valence-corrected chi connectivity index (χ0v) is 19.2. The quantitative estimate of drug-likeness (QED) is 0.281. The third-order valence-electron chi connectivity index (χ3n) is 5.52. The summed E-state index contributed by atoms with van der Waals surface area (Å²) in [4.78, 5) is 4.73. The number of aliphatic imine (C=N–C) groups is 1. The zero-order chi connectivity index (χ0) is 22.3. The van der Waals surface area contributed by atoms with Crippen molar-refractivity contribution in [2.24, 2.45) is 10.9 Å². The summed E-state index contributed by atoms with van der Waals surface area (Å²) in [6.45, 7) is 5.61. The lowest BCUT2D eigenvalue weighted by Gasteiger charge is -2.21. The van der Waals surface area contributed by atoms with Crippen LogP contribution in [0, 0.1) is 5.92 Å². The summed E-state index contributed by atoms with van der Waals surface area (Å²) in [5.41, 5.74) is 1.26. The third kappa shape index (κ3) is 9.32. The summed E-state index contributed by atoms with van der Waals surface area (Å²) < 4.78 is 21.9. The predicted octanol–water partition coefficient (Wildman–Crippen LogP) is 3.44. The fourth-order valence-corrected chi connectivity index (χ4v) is 3.57. The molecule has 2 N–H and O–H groups in total. The monoisotopic (exact) mass is 443 g/mol. The average Bonchev–Trinajstić information content (AvgIpc) is 3.35. The van der Waals surface area contributed by atoms with Gasteiger partial charge in [-0.15, -0.1) is 0 Å². The van der Waals surface area contributed by atoms with Crippen LogP contribution in [0.4, 0.5) is 0 Å². The fourth-order valence-electron chi connectivity index (χ4n) is 3.57. The van der Waals surface area contributed by atoms with Gasteiger partial charge in [0.05, 0.1) is 13.4 Å². The third-order valence-corrected chi connectivity index (χ3v) is 5.52. The molecule has 1 aliphatic heterocycles. The molecule has 7 nitrogen and oxygen atoms in total. The van der Waals surface area contributed by atoms with Crippen molar-refractivity contribution in [2.45, 2.75) is 32.1 Å². The lowest BCUT2D eigenvalue weighted by molar-refractivity contribution is 0.0205. The van der Waals surface area contributed by atoms with Crippen LogP contribution in [0.15, 0.2) is 52.1 Å². The van der Waals surface area contributed by atoms with Crippen LogP contribution >= 0.6 is 0 Å². The van der Waals surface area contributed by atoms with Gasteiger partial charge in [-0.25, -0.2) is 0 Å². The Kier molecular flexibility index (Phi) is 11.0. The smallest absolute Gasteiger partial charge is 0.191 e. The molecule has 0 bridgehead atoms. The van der Waals surface area contributed by atoms with E-state index in [9.17, 15) is 0 Å². The van der Waals surface area contributed by atoms with Crippen molar-refractivity contribution in [3.05, 3.63) is 54.0 Å². The number of rotatable bonds is 13. The van der Waals surface area contributed by atoms with E-state index in [0.717, 1.165) is 95.6 Å². The van der Waals surface area contributed by atoms with E-state index in [-0.39, 0.29) is 0 Å². The number of guanidine groups is 1. The molecule has 1 aromatic carbocycles. The maximum absolute atomic E-state index is 5.85. The van der Waals surface area contributed by atoms with Gasteiger partial charge in [-0.1, -0.05) is 12.1 Å². The number of nitrogens with zero attached hydrogens (tertiary/aromatic N) is 1. The minimum Gasteiger partial charge on any atom is -0.497 e. The van der Waals surface area contributed by atoms with E-state index in [0.29, 0.717) is 5.92 Å². The summed E-state index contributed by atoms with van der Waals surface area (Å²) in [6, 6.07) is 12.1. The van der Waals surface area contributed by atoms with E-state index >= 15 is 0 Å². The number of hydrogen-bond acceptors (Lipinski definition) is 5. The molecule has 7 heteroatoms. The standard InChI is InChI=1S/C25H37N3O4/c1-29-23-7-5-21(6-8-23)9-14-27-25(28-15-10-24-4-2-17-32-24)26-13-3-16-31-20-22-11-18-30-19-12-22/h2,4-8,17,22H,3,9-16,18-20H2,1H3,(H2,26,27,28). The van der Waals surface area contributed by atoms with E-state index in [4.69, 9.17) is 23.6 Å². The molecule has 1 fully saturated rings. The highest BCUT2D eigenvalue weighted by Crippen LogP contribution is 2.14. The van der Waals surface area contributed by atoms with E-state index in [1.807, 2.05) is 24.3 Å². The van der Waals surface area contributed by atoms with E-state index in [1.165, 1.54) is 5.56 Å². The molecule has 176 valence electrons. The highest BCUT2D eigenvalue weighted by atomic mass is 16.5. The first-order valence-electron chi connectivity index (χ1n) is 11.7. The van der Waals surface area contributed by atoms with Gasteiger partial charge in [0.25, 0.3) is 0 Å². The number of ether oxygens (including phenoxy) is 3. The van der Waals surface area contributed by atoms with Gasteiger partial charge in [-0.2, -0.15) is 0 Å². The molecule has 0 spiro atoms. The molecule has 2 heterocycles. The van der Waals surface area contributed by atoms with Gasteiger partial charge in [-0.05, 0) is 61.4 Å². The SMILES string of the molecule is COc1ccc(CCNC(=NCCCOCC2CCOCC2)NCCc2ccco2)cc1. The normalized spacial score (nSPS) is 15.0. The highest BCUT2D eigenvalue weighted by Gasteiger charge is 2.13. The Morgan fingerprint density at radius 2 is 1.84 bits per heavy atom. The van der Waals surface area contributed by atoms with Crippen LogP contribution in [0.25, 0.3) is 0 Å². The van der Waals surface area contributed by atoms with Gasteiger partial charge in [0.1, 0.15) is 11.5 Å². The summed E-state index contributed by atoms with van der Waals surface area (Å²) in [7, 11) is 1.68. The molecular weight excluding hydrogens is 406 g/mol. The molecule has 0 radical (unpaired) electrons. The van der Waals surface area contributed by atoms with Gasteiger partial charge in [-0.3, -0.25) is 4.99 Å². The van der Waals surface area contributed by atoms with Gasteiger partial charge in [0.2, 0.25) is 0 Å². The van der Waals surface area contributed by atoms with Gasteiger partial charge >= 0.3 is 0 Å². The Balaban J connectivity index is 1.37. The second-order valence-corrected chi connectivity index (χ2v) is 8.00. The van der Waals surface area contributed by atoms with Crippen LogP contribution in [0.3, 0.4) is 0 Å². The molecule has 0 amide bonds. The van der Waals surface area contributed by atoms with Gasteiger partial charge in [0.15, 0.2) is 5.96 Å². The van der Waals surface area contributed by atoms with Crippen LogP contribution in [0.1, 0.15) is 30.6 Å². The molecule has 0 saturated carbocycles. The summed E-state index contributed by atoms with van der Waals surface area (Å²) >= 11 is 0. The minimum atomic E-state index is 0.644. The van der Waals surface area contributed by atoms with Crippen molar-refractivity contribution in [2.75, 3.05) is 53.2 Å². The van der Waals surface area contributed by atoms with Crippen molar-refractivity contribution in [1.29, 1.82) is 0 Å². The van der Waals surface area contributed by atoms with Crippen molar-refractivity contribution < 1.29 is 18.6 Å². The second kappa shape index (κ2) is 14.5. The van der Waals surface area contributed by atoms with Gasteiger partial charge < -0.3 is 29.3 Å². The largest absolute Gasteiger partial charge is 0.497 e. The minimum absolute atomic E-state index is 0.644. The van der Waals surface area contributed by atoms with Crippen molar-refractivity contribution >= 4 is 5.96 Å². The van der Waals surface area contributed by atoms with Crippen LogP contribution in [-0.4, -0.2) is 59.1 Å². The fraction of sp³-hybridized carbons (Fsp3) is 0.560. The summed E-state index contributed by atoms with van der Waals surface area (Å²) in [5.74, 6) is 3.32. The van der Waals surface area contributed by atoms with Crippen molar-refractivity contribution in [3.63, 3.8) is 0 Å². The first-order chi connectivity index (χ1) is 15.8. The molecule has 0 unspecified atom stereocenters. The van der Waals surface area contributed by atoms with Crippen LogP contribution in [0.2, 0.25) is 0 Å². The predicted molar refractivity (Wildman–Crippen MR) is 126 cm³/mol. The maximum atomic E-state index is 5.85. The van der Waals surface area contributed by atoms with E-state index in [2.05, 4.69) is 22.8 Å². The lowest BCUT2D eigenvalue weighted by atomic mass is 10.0. The first-order valence-corrected chi connectivity index (χ1v) is 11.7. The molecule has 0 aliphatic carbocycles. The average molecular weight is 444 g/mol. The Morgan fingerprint density at radius 3 is 2.56 bits per heavy atom. The number of furan rings is 1. The Hall–Kier alpha value is -2.51. The number of benzene rings is 1. The molecule has 2 aromatic rings. The van der Waals surface area contributed by atoms with Crippen molar-refractivity contribution in [3.8, 4) is 5.75 Å². The maximum Gasteiger partial charge on any atom is 0.191 e.